The van der Waals surface area contributed by atoms with E-state index in [9.17, 15) is 25.9 Å². The van der Waals surface area contributed by atoms with Crippen molar-refractivity contribution in [2.75, 3.05) is 42.5 Å². The zero-order valence-electron chi connectivity index (χ0n) is 52.8. The van der Waals surface area contributed by atoms with Crippen LogP contribution < -0.4 is 61.5 Å². The van der Waals surface area contributed by atoms with E-state index >= 15 is 0 Å². The van der Waals surface area contributed by atoms with Gasteiger partial charge in [-0.15, -0.1) is 0 Å². The summed E-state index contributed by atoms with van der Waals surface area (Å²) in [5.41, 5.74) is 6.51. The smallest absolute Gasteiger partial charge is 0.185 e. The van der Waals surface area contributed by atoms with Crippen LogP contribution in [0.25, 0.3) is 22.6 Å². The lowest BCUT2D eigenvalue weighted by molar-refractivity contribution is -0.606. The van der Waals surface area contributed by atoms with E-state index in [1.54, 1.807) is 85.7 Å². The Labute approximate surface area is 595 Å². The molecule has 4 aliphatic carbocycles. The highest BCUT2D eigenvalue weighted by atomic mass is 79.9. The predicted molar refractivity (Wildman–Crippen MR) is 385 cm³/mol. The van der Waals surface area contributed by atoms with Crippen molar-refractivity contribution in [1.82, 2.24) is 58.4 Å². The van der Waals surface area contributed by atoms with Crippen molar-refractivity contribution in [1.29, 1.82) is 0 Å². The Balaban J connectivity index is 0.000000118. The van der Waals surface area contributed by atoms with Crippen LogP contribution in [0.2, 0.25) is 0 Å². The number of aromatic nitrogens is 16. The molecule has 33 heteroatoms. The van der Waals surface area contributed by atoms with Crippen molar-refractivity contribution >= 4 is 133 Å². The molecule has 0 unspecified atom stereocenters. The summed E-state index contributed by atoms with van der Waals surface area (Å²) in [6, 6.07) is 23.8. The van der Waals surface area contributed by atoms with Gasteiger partial charge in [-0.1, -0.05) is 12.8 Å². The molecular weight excluding hydrogens is 1520 g/mol. The van der Waals surface area contributed by atoms with Crippen LogP contribution in [0.15, 0.2) is 165 Å². The first kappa shape index (κ1) is 67.1. The van der Waals surface area contributed by atoms with Gasteiger partial charge in [0.25, 0.3) is 0 Å². The first-order valence-corrected chi connectivity index (χ1v) is 35.4. The van der Waals surface area contributed by atoms with Gasteiger partial charge in [0.2, 0.25) is 0 Å². The molecule has 4 aliphatic rings. The lowest BCUT2D eigenvalue weighted by Crippen LogP contribution is -2.28. The normalized spacial score (nSPS) is 15.9. The Kier molecular flexibility index (Phi) is 21.2. The fourth-order valence-corrected chi connectivity index (χ4v) is 12.9. The van der Waals surface area contributed by atoms with Crippen LogP contribution >= 0.6 is 63.7 Å². The van der Waals surface area contributed by atoms with Gasteiger partial charge in [-0.2, -0.15) is 57.4 Å². The van der Waals surface area contributed by atoms with E-state index in [2.05, 4.69) is 147 Å². The fraction of sp³-hybridized carbons (Fsp3) is 0.323. The number of hydrogen-bond donors (Lipinski definition) is 9. The number of anilines is 8. The molecule has 2 atom stereocenters. The van der Waals surface area contributed by atoms with Crippen LogP contribution in [0.1, 0.15) is 99.3 Å². The minimum atomic E-state index is -0.352. The summed E-state index contributed by atoms with van der Waals surface area (Å²) in [4.78, 5) is 18.5. The maximum absolute atomic E-state index is 11.4. The maximum atomic E-state index is 11.4. The van der Waals surface area contributed by atoms with Crippen molar-refractivity contribution in [2.24, 2.45) is 0 Å². The maximum Gasteiger partial charge on any atom is 0.185 e. The zero-order chi connectivity index (χ0) is 67.7. The number of hydrogen-bond acceptors (Lipinski definition) is 21. The van der Waals surface area contributed by atoms with Gasteiger partial charge in [-0.3, -0.25) is 0 Å². The lowest BCUT2D eigenvalue weighted by Gasteiger charge is -2.27. The van der Waals surface area contributed by atoms with Gasteiger partial charge in [0, 0.05) is 115 Å². The predicted octanol–water partition coefficient (Wildman–Crippen LogP) is 10.2. The highest BCUT2D eigenvalue weighted by Gasteiger charge is 2.27. The number of aliphatic hydroxyl groups excluding tert-OH is 1. The third-order valence-corrected chi connectivity index (χ3v) is 19.1. The Hall–Kier alpha value is -9.44. The summed E-state index contributed by atoms with van der Waals surface area (Å²) >= 11 is 13.9. The first-order valence-electron chi connectivity index (χ1n) is 32.2. The fourth-order valence-electron chi connectivity index (χ4n) is 11.5. The third kappa shape index (κ3) is 17.1. The second-order valence-corrected chi connectivity index (χ2v) is 27.7. The SMILES string of the molecule is [O-][n+]1cccc(CNc2cc(NC3CC3)nc3c(Br)cnn23)c1.[O-][n+]1cccc(CNc2cc(NC3CCC3)nc3c(Br)cnn23)c1.[O-][n+]1cccc(CNc2cc(NC3CCCC3)nc3c(Br)cnn23)c1.[O-][n+]1cccc(CNc2cc(N[C@H]3CCC[C@@H]3O)nc3c(Br)cnn23)c1. The highest BCUT2D eigenvalue weighted by Crippen LogP contribution is 2.32. The van der Waals surface area contributed by atoms with Gasteiger partial charge in [-0.05, 0) is 152 Å². The summed E-state index contributed by atoms with van der Waals surface area (Å²) in [5.74, 6) is 6.42. The molecule has 0 bridgehead atoms. The summed E-state index contributed by atoms with van der Waals surface area (Å²) < 4.78 is 13.5. The molecule has 0 spiro atoms. The van der Waals surface area contributed by atoms with Gasteiger partial charge >= 0.3 is 0 Å². The summed E-state index contributed by atoms with van der Waals surface area (Å²) in [7, 11) is 0. The van der Waals surface area contributed by atoms with E-state index in [4.69, 9.17) is 0 Å². The molecule has 98 heavy (non-hydrogen) atoms. The van der Waals surface area contributed by atoms with Crippen LogP contribution in [0.4, 0.5) is 46.5 Å². The lowest BCUT2D eigenvalue weighted by atomic mass is 9.93. The van der Waals surface area contributed by atoms with Crippen LogP contribution in [0.5, 0.6) is 0 Å². The quantitative estimate of drug-likeness (QED) is 0.0253. The molecule has 9 N–H and O–H groups in total. The number of pyridine rings is 4. The van der Waals surface area contributed by atoms with Crippen molar-refractivity contribution in [2.45, 2.75) is 134 Å². The Morgan fingerprint density at radius 3 is 0.939 bits per heavy atom. The van der Waals surface area contributed by atoms with E-state index in [0.29, 0.717) is 55.8 Å². The monoisotopic (exact) mass is 1580 g/mol. The van der Waals surface area contributed by atoms with Gasteiger partial charge in [0.15, 0.2) is 72.2 Å². The van der Waals surface area contributed by atoms with Crippen LogP contribution in [-0.2, 0) is 26.2 Å². The van der Waals surface area contributed by atoms with Crippen molar-refractivity contribution in [3.63, 3.8) is 0 Å². The summed E-state index contributed by atoms with van der Waals surface area (Å²) in [6.45, 7) is 2.07. The van der Waals surface area contributed by atoms with Crippen LogP contribution in [0, 0.1) is 20.8 Å². The highest BCUT2D eigenvalue weighted by molar-refractivity contribution is 9.11. The Morgan fingerprint density at radius 1 is 0.388 bits per heavy atom. The topological polar surface area (TPSA) is 345 Å². The largest absolute Gasteiger partial charge is 0.619 e. The molecule has 0 aliphatic heterocycles. The van der Waals surface area contributed by atoms with Gasteiger partial charge in [0.1, 0.15) is 46.5 Å². The third-order valence-electron chi connectivity index (χ3n) is 16.9. The molecule has 4 saturated carbocycles. The summed E-state index contributed by atoms with van der Waals surface area (Å²) in [5, 5.41) is 100. The molecule has 0 aromatic carbocycles. The van der Waals surface area contributed by atoms with Gasteiger partial charge < -0.3 is 68.5 Å². The number of halogens is 4. The van der Waals surface area contributed by atoms with Gasteiger partial charge in [0.05, 0.1) is 54.8 Å². The number of rotatable bonds is 20. The minimum absolute atomic E-state index is 0.00745. The second-order valence-electron chi connectivity index (χ2n) is 24.3. The Bertz CT molecular complexity index is 4730. The van der Waals surface area contributed by atoms with E-state index < -0.39 is 0 Å². The Morgan fingerprint density at radius 2 is 0.673 bits per heavy atom. The molecule has 0 radical (unpaired) electrons. The number of fused-ring (bicyclic) bond motifs is 4. The zero-order valence-corrected chi connectivity index (χ0v) is 59.1. The molecule has 12 aromatic rings. The van der Waals surface area contributed by atoms with E-state index in [0.717, 1.165) is 136 Å². The summed E-state index contributed by atoms with van der Waals surface area (Å²) in [6.07, 6.45) is 32.2. The number of nitrogens with one attached hydrogen (secondary N) is 8. The average molecular weight is 1590 g/mol. The number of aliphatic hydroxyl groups is 1. The van der Waals surface area contributed by atoms with Crippen LogP contribution in [-0.4, -0.2) is 93.8 Å². The van der Waals surface area contributed by atoms with Crippen molar-refractivity contribution in [3.05, 3.63) is 208 Å². The molecule has 508 valence electrons. The van der Waals surface area contributed by atoms with Gasteiger partial charge in [-0.25, -0.2) is 19.9 Å². The molecule has 0 amide bonds. The van der Waals surface area contributed by atoms with Crippen LogP contribution in [0.3, 0.4) is 0 Å². The second kappa shape index (κ2) is 31.0. The van der Waals surface area contributed by atoms with Crippen molar-refractivity contribution in [3.8, 4) is 0 Å². The minimum Gasteiger partial charge on any atom is -0.619 e. The molecule has 12 heterocycles. The van der Waals surface area contributed by atoms with E-state index in [-0.39, 0.29) is 12.1 Å². The average Bonchev–Trinajstić information content (AvgIpc) is 1.63. The molecule has 16 rings (SSSR count). The number of nitrogens with zero attached hydrogens (tertiary/aromatic N) is 16. The standard InChI is InChI=1S/C17H19BrN6O2.C17H19BrN6O.C16H17BrN6O.C15H15BrN6O/c18-12-9-20-24-16(19-8-11-3-2-6-23(26)10-11)7-15(22-17(12)24)21-13-4-1-5-14(13)25;18-14-10-20-24-16(19-9-12-4-3-7-23(25)11-12)8-15(22-17(14)24)21-13-5-1-2-6-13;17-13-9-19-23-15(18-8-11-3-2-6-22(24)10-11)7-14(21-16(13)23)20-12-4-1-5-12;16-12-8-18-22-14(17-7-10-2-1-5-21(23)9-10)6-13(20-15(12)22)19-11-3-4-11/h2-3,6-7,9-10,13-14,19,25H,1,4-5,8H2,(H,21,22);3-4,7-8,10-11,13,19H,1-2,5-6,9H2,(H,21,22);2-3,6-7,9-10,12,18H,1,4-5,8H2,(H,20,21);1-2,5-6,8-9,11,17H,3-4,7H2,(H,19,20)/t13-,14-;;;/m0.../s1. The van der Waals surface area contributed by atoms with E-state index in [1.165, 1.54) is 88.8 Å². The molecular formula is C65H70Br4N24O5. The van der Waals surface area contributed by atoms with E-state index in [1.807, 2.05) is 48.5 Å². The molecule has 4 fully saturated rings. The molecule has 29 nitrogen and oxygen atoms in total. The van der Waals surface area contributed by atoms with Crippen molar-refractivity contribution < 1.29 is 24.0 Å². The molecule has 0 saturated heterocycles. The first-order chi connectivity index (χ1) is 47.7. The molecule has 12 aromatic heterocycles.